The van der Waals surface area contributed by atoms with Crippen LogP contribution in [0.5, 0.6) is 0 Å². The van der Waals surface area contributed by atoms with Crippen molar-refractivity contribution in [2.24, 2.45) is 4.99 Å². The lowest BCUT2D eigenvalue weighted by atomic mass is 10.2. The van der Waals surface area contributed by atoms with E-state index in [0.29, 0.717) is 0 Å². The van der Waals surface area contributed by atoms with Crippen LogP contribution >= 0.6 is 11.8 Å². The first-order valence-electron chi connectivity index (χ1n) is 7.93. The molecule has 1 saturated heterocycles. The SMILES string of the molecule is Cc1ccc(N=C(Sc2ccc(C)cc2)N2CCOCC2)cc1. The first kappa shape index (κ1) is 16.1. The summed E-state index contributed by atoms with van der Waals surface area (Å²) in [6.45, 7) is 7.52. The minimum atomic E-state index is 0.765. The summed E-state index contributed by atoms with van der Waals surface area (Å²) in [4.78, 5) is 8.42. The van der Waals surface area contributed by atoms with E-state index in [4.69, 9.17) is 9.73 Å². The fraction of sp³-hybridized carbons (Fsp3) is 0.316. The molecule has 0 radical (unpaired) electrons. The zero-order chi connectivity index (χ0) is 16.1. The molecule has 2 aromatic carbocycles. The van der Waals surface area contributed by atoms with E-state index >= 15 is 0 Å². The average molecular weight is 326 g/mol. The van der Waals surface area contributed by atoms with Crippen LogP contribution in [0.25, 0.3) is 0 Å². The Morgan fingerprint density at radius 1 is 0.913 bits per heavy atom. The molecule has 1 aliphatic rings. The Morgan fingerprint density at radius 3 is 2.09 bits per heavy atom. The molecule has 23 heavy (non-hydrogen) atoms. The first-order chi connectivity index (χ1) is 11.2. The van der Waals surface area contributed by atoms with Crippen molar-refractivity contribution in [2.75, 3.05) is 26.3 Å². The van der Waals surface area contributed by atoms with Gasteiger partial charge >= 0.3 is 0 Å². The summed E-state index contributed by atoms with van der Waals surface area (Å²) in [6.07, 6.45) is 0. The summed E-state index contributed by atoms with van der Waals surface area (Å²) in [5.41, 5.74) is 3.53. The maximum Gasteiger partial charge on any atom is 0.169 e. The van der Waals surface area contributed by atoms with Crippen LogP contribution < -0.4 is 0 Å². The van der Waals surface area contributed by atoms with Gasteiger partial charge in [0.25, 0.3) is 0 Å². The highest BCUT2D eigenvalue weighted by molar-refractivity contribution is 8.13. The van der Waals surface area contributed by atoms with E-state index in [-0.39, 0.29) is 0 Å². The molecule has 0 amide bonds. The highest BCUT2D eigenvalue weighted by Gasteiger charge is 2.16. The third-order valence-electron chi connectivity index (χ3n) is 3.77. The van der Waals surface area contributed by atoms with E-state index in [9.17, 15) is 0 Å². The molecule has 0 spiro atoms. The summed E-state index contributed by atoms with van der Waals surface area (Å²) < 4.78 is 5.48. The molecule has 1 heterocycles. The Kier molecular flexibility index (Phi) is 5.36. The van der Waals surface area contributed by atoms with Crippen LogP contribution in [0.15, 0.2) is 58.4 Å². The molecule has 0 saturated carbocycles. The Bertz CT molecular complexity index is 659. The van der Waals surface area contributed by atoms with Crippen molar-refractivity contribution in [3.8, 4) is 0 Å². The molecule has 4 heteroatoms. The van der Waals surface area contributed by atoms with Crippen molar-refractivity contribution >= 4 is 22.6 Å². The standard InChI is InChI=1S/C19H22N2OS/c1-15-3-7-17(8-4-15)20-19(21-11-13-22-14-12-21)23-18-9-5-16(2)6-10-18/h3-10H,11-14H2,1-2H3. The molecule has 120 valence electrons. The van der Waals surface area contributed by atoms with Gasteiger partial charge in [-0.1, -0.05) is 47.2 Å². The van der Waals surface area contributed by atoms with Crippen LogP contribution in [0.1, 0.15) is 11.1 Å². The van der Waals surface area contributed by atoms with Crippen LogP contribution in [-0.4, -0.2) is 36.4 Å². The Morgan fingerprint density at radius 2 is 1.48 bits per heavy atom. The van der Waals surface area contributed by atoms with Crippen molar-refractivity contribution in [1.29, 1.82) is 0 Å². The van der Waals surface area contributed by atoms with Crippen molar-refractivity contribution in [1.82, 2.24) is 4.90 Å². The van der Waals surface area contributed by atoms with Crippen LogP contribution in [0, 0.1) is 13.8 Å². The highest BCUT2D eigenvalue weighted by Crippen LogP contribution is 2.25. The van der Waals surface area contributed by atoms with Gasteiger partial charge in [0, 0.05) is 18.0 Å². The molecule has 1 aliphatic heterocycles. The third kappa shape index (κ3) is 4.60. The molecular formula is C19H22N2OS. The number of nitrogens with zero attached hydrogens (tertiary/aromatic N) is 2. The van der Waals surface area contributed by atoms with Gasteiger partial charge < -0.3 is 9.64 Å². The fourth-order valence-electron chi connectivity index (χ4n) is 2.35. The van der Waals surface area contributed by atoms with Gasteiger partial charge in [-0.25, -0.2) is 4.99 Å². The molecule has 0 unspecified atom stereocenters. The van der Waals surface area contributed by atoms with Crippen molar-refractivity contribution in [3.63, 3.8) is 0 Å². The minimum absolute atomic E-state index is 0.765. The number of benzene rings is 2. The maximum absolute atomic E-state index is 5.48. The van der Waals surface area contributed by atoms with Crippen molar-refractivity contribution < 1.29 is 4.74 Å². The largest absolute Gasteiger partial charge is 0.378 e. The van der Waals surface area contributed by atoms with E-state index in [1.807, 2.05) is 0 Å². The molecule has 2 aromatic rings. The number of aliphatic imine (C=N–C) groups is 1. The number of hydrogen-bond acceptors (Lipinski definition) is 3. The molecule has 0 bridgehead atoms. The molecule has 3 rings (SSSR count). The van der Waals surface area contributed by atoms with Gasteiger partial charge in [-0.15, -0.1) is 0 Å². The van der Waals surface area contributed by atoms with Crippen LogP contribution in [0.4, 0.5) is 5.69 Å². The lowest BCUT2D eigenvalue weighted by Gasteiger charge is -2.29. The Hall–Kier alpha value is -1.78. The lowest BCUT2D eigenvalue weighted by Crippen LogP contribution is -2.39. The second kappa shape index (κ2) is 7.66. The van der Waals surface area contributed by atoms with Gasteiger partial charge in [-0.3, -0.25) is 0 Å². The summed E-state index contributed by atoms with van der Waals surface area (Å²) >= 11 is 1.72. The number of hydrogen-bond donors (Lipinski definition) is 0. The summed E-state index contributed by atoms with van der Waals surface area (Å²) in [7, 11) is 0. The molecule has 0 N–H and O–H groups in total. The number of amidine groups is 1. The van der Waals surface area contributed by atoms with E-state index in [0.717, 1.165) is 37.2 Å². The van der Waals surface area contributed by atoms with Gasteiger partial charge in [0.05, 0.1) is 18.9 Å². The van der Waals surface area contributed by atoms with E-state index in [1.54, 1.807) is 11.8 Å². The zero-order valence-electron chi connectivity index (χ0n) is 13.7. The monoisotopic (exact) mass is 326 g/mol. The van der Waals surface area contributed by atoms with Crippen LogP contribution in [0.3, 0.4) is 0 Å². The first-order valence-corrected chi connectivity index (χ1v) is 8.75. The summed E-state index contributed by atoms with van der Waals surface area (Å²) in [5, 5.41) is 1.04. The number of thioether (sulfide) groups is 1. The molecule has 0 atom stereocenters. The predicted molar refractivity (Wildman–Crippen MR) is 97.7 cm³/mol. The van der Waals surface area contributed by atoms with Gasteiger partial charge in [-0.2, -0.15) is 0 Å². The molecule has 0 aliphatic carbocycles. The number of aryl methyl sites for hydroxylation is 2. The van der Waals surface area contributed by atoms with Crippen LogP contribution in [-0.2, 0) is 4.74 Å². The number of morpholine rings is 1. The average Bonchev–Trinajstić information content (AvgIpc) is 2.59. The lowest BCUT2D eigenvalue weighted by molar-refractivity contribution is 0.0694. The van der Waals surface area contributed by atoms with E-state index in [2.05, 4.69) is 67.3 Å². The van der Waals surface area contributed by atoms with Gasteiger partial charge in [0.15, 0.2) is 5.17 Å². The number of ether oxygens (including phenoxy) is 1. The summed E-state index contributed by atoms with van der Waals surface area (Å²) in [5.74, 6) is 0. The van der Waals surface area contributed by atoms with Gasteiger partial charge in [0.2, 0.25) is 0 Å². The molecule has 3 nitrogen and oxygen atoms in total. The van der Waals surface area contributed by atoms with E-state index in [1.165, 1.54) is 16.0 Å². The highest BCUT2D eigenvalue weighted by atomic mass is 32.2. The Balaban J connectivity index is 1.86. The third-order valence-corrected chi connectivity index (χ3v) is 4.81. The fourth-order valence-corrected chi connectivity index (χ4v) is 3.30. The second-order valence-electron chi connectivity index (χ2n) is 5.74. The summed E-state index contributed by atoms with van der Waals surface area (Å²) in [6, 6.07) is 17.0. The second-order valence-corrected chi connectivity index (χ2v) is 6.79. The van der Waals surface area contributed by atoms with Crippen molar-refractivity contribution in [3.05, 3.63) is 59.7 Å². The maximum atomic E-state index is 5.48. The predicted octanol–water partition coefficient (Wildman–Crippen LogP) is 4.42. The van der Waals surface area contributed by atoms with Crippen molar-refractivity contribution in [2.45, 2.75) is 18.7 Å². The molecule has 1 fully saturated rings. The zero-order valence-corrected chi connectivity index (χ0v) is 14.5. The quantitative estimate of drug-likeness (QED) is 0.464. The minimum Gasteiger partial charge on any atom is -0.378 e. The van der Waals surface area contributed by atoms with Gasteiger partial charge in [-0.05, 0) is 38.1 Å². The topological polar surface area (TPSA) is 24.8 Å². The molecule has 0 aromatic heterocycles. The molecular weight excluding hydrogens is 304 g/mol. The smallest absolute Gasteiger partial charge is 0.169 e. The Labute approximate surface area is 142 Å². The number of rotatable bonds is 2. The normalized spacial score (nSPS) is 15.7. The van der Waals surface area contributed by atoms with Gasteiger partial charge in [0.1, 0.15) is 0 Å². The van der Waals surface area contributed by atoms with E-state index < -0.39 is 0 Å². The van der Waals surface area contributed by atoms with Crippen LogP contribution in [0.2, 0.25) is 0 Å².